The maximum absolute atomic E-state index is 13.8. The Labute approximate surface area is 92.5 Å². The monoisotopic (exact) mass is 225 g/mol. The van der Waals surface area contributed by atoms with Gasteiger partial charge >= 0.3 is 0 Å². The highest BCUT2D eigenvalue weighted by molar-refractivity contribution is 5.35. The van der Waals surface area contributed by atoms with Crippen molar-refractivity contribution in [1.82, 2.24) is 9.97 Å². The lowest BCUT2D eigenvalue weighted by Gasteiger charge is -2.35. The zero-order valence-electron chi connectivity index (χ0n) is 8.87. The first-order valence-corrected chi connectivity index (χ1v) is 5.24. The molecular weight excluding hydrogens is 211 g/mol. The van der Waals surface area contributed by atoms with Crippen molar-refractivity contribution in [1.29, 1.82) is 0 Å². The number of nitrogens with zero attached hydrogens (tertiary/aromatic N) is 2. The smallest absolute Gasteiger partial charge is 0.291 e. The summed E-state index contributed by atoms with van der Waals surface area (Å²) in [5.41, 5.74) is 3.79. The second kappa shape index (κ2) is 4.21. The average molecular weight is 225 g/mol. The molecule has 0 saturated carbocycles. The van der Waals surface area contributed by atoms with Crippen molar-refractivity contribution in [2.75, 3.05) is 24.5 Å². The number of aromatic amines is 1. The lowest BCUT2D eigenvalue weighted by Crippen LogP contribution is -2.47. The van der Waals surface area contributed by atoms with Crippen LogP contribution in [0.4, 0.5) is 10.2 Å². The minimum Gasteiger partial charge on any atom is -0.352 e. The van der Waals surface area contributed by atoms with E-state index in [1.807, 2.05) is 0 Å². The van der Waals surface area contributed by atoms with Gasteiger partial charge in [0.1, 0.15) is 5.67 Å². The Morgan fingerprint density at radius 1 is 1.62 bits per heavy atom. The number of hydrogen-bond donors (Lipinski definition) is 2. The number of anilines is 1. The SMILES string of the molecule is NCC1(F)CCN(c2nc[c][nH]c2=O)CC1. The van der Waals surface area contributed by atoms with Gasteiger partial charge in [0.25, 0.3) is 5.56 Å². The molecule has 0 amide bonds. The lowest BCUT2D eigenvalue weighted by molar-refractivity contribution is 0.135. The second-order valence-electron chi connectivity index (χ2n) is 4.02. The summed E-state index contributed by atoms with van der Waals surface area (Å²) in [4.78, 5) is 19.6. The van der Waals surface area contributed by atoms with Crippen molar-refractivity contribution < 1.29 is 4.39 Å². The third-order valence-electron chi connectivity index (χ3n) is 2.97. The molecule has 0 atom stereocenters. The maximum atomic E-state index is 13.8. The number of piperidine rings is 1. The average Bonchev–Trinajstić information content (AvgIpc) is 2.31. The van der Waals surface area contributed by atoms with Gasteiger partial charge in [-0.1, -0.05) is 0 Å². The van der Waals surface area contributed by atoms with Crippen molar-refractivity contribution in [3.8, 4) is 0 Å². The third kappa shape index (κ3) is 2.06. The van der Waals surface area contributed by atoms with Gasteiger partial charge < -0.3 is 15.6 Å². The molecule has 6 heteroatoms. The van der Waals surface area contributed by atoms with Crippen LogP contribution in [0.3, 0.4) is 0 Å². The molecule has 0 aliphatic carbocycles. The molecular formula is C10H14FN4O. The van der Waals surface area contributed by atoms with E-state index in [4.69, 9.17) is 5.73 Å². The number of hydrogen-bond acceptors (Lipinski definition) is 4. The van der Waals surface area contributed by atoms with Crippen LogP contribution < -0.4 is 16.2 Å². The second-order valence-corrected chi connectivity index (χ2v) is 4.02. The van der Waals surface area contributed by atoms with Crippen molar-refractivity contribution in [2.45, 2.75) is 18.5 Å². The van der Waals surface area contributed by atoms with Crippen LogP contribution in [-0.2, 0) is 0 Å². The largest absolute Gasteiger partial charge is 0.352 e. The number of H-pyrrole nitrogens is 1. The molecule has 0 spiro atoms. The maximum Gasteiger partial charge on any atom is 0.291 e. The Hall–Kier alpha value is -1.43. The first kappa shape index (κ1) is 11.1. The van der Waals surface area contributed by atoms with Crippen LogP contribution in [-0.4, -0.2) is 35.3 Å². The number of alkyl halides is 1. The molecule has 16 heavy (non-hydrogen) atoms. The van der Waals surface area contributed by atoms with E-state index in [1.165, 1.54) is 6.20 Å². The normalized spacial score (nSPS) is 19.8. The highest BCUT2D eigenvalue weighted by atomic mass is 19.1. The Bertz CT molecular complexity index is 411. The van der Waals surface area contributed by atoms with E-state index in [1.54, 1.807) is 4.90 Å². The van der Waals surface area contributed by atoms with Crippen LogP contribution >= 0.6 is 0 Å². The lowest BCUT2D eigenvalue weighted by atomic mass is 9.93. The standard InChI is InChI=1S/C10H14FN4O/c11-10(7-12)1-5-15(6-2-10)8-9(16)14-4-3-13-8/h3H,1-2,5-7,12H2,(H,14,16). The fourth-order valence-electron chi connectivity index (χ4n) is 1.85. The zero-order valence-corrected chi connectivity index (χ0v) is 8.87. The molecule has 1 aliphatic rings. The van der Waals surface area contributed by atoms with Crippen LogP contribution in [0, 0.1) is 6.20 Å². The predicted octanol–water partition coefficient (Wildman–Crippen LogP) is -0.163. The van der Waals surface area contributed by atoms with Crippen LogP contribution in [0.2, 0.25) is 0 Å². The fraction of sp³-hybridized carbons (Fsp3) is 0.600. The highest BCUT2D eigenvalue weighted by Gasteiger charge is 2.33. The van der Waals surface area contributed by atoms with E-state index in [2.05, 4.69) is 16.2 Å². The van der Waals surface area contributed by atoms with E-state index in [9.17, 15) is 9.18 Å². The molecule has 1 radical (unpaired) electrons. The summed E-state index contributed by atoms with van der Waals surface area (Å²) in [6.45, 7) is 0.967. The molecule has 1 aromatic heterocycles. The molecule has 1 saturated heterocycles. The van der Waals surface area contributed by atoms with Gasteiger partial charge in [-0.2, -0.15) is 0 Å². The molecule has 0 aromatic carbocycles. The third-order valence-corrected chi connectivity index (χ3v) is 2.97. The summed E-state index contributed by atoms with van der Waals surface area (Å²) < 4.78 is 13.8. The molecule has 1 fully saturated rings. The van der Waals surface area contributed by atoms with Gasteiger partial charge in [-0.05, 0) is 0 Å². The van der Waals surface area contributed by atoms with Gasteiger partial charge in [0.15, 0.2) is 5.82 Å². The number of nitrogens with two attached hydrogens (primary N) is 1. The van der Waals surface area contributed by atoms with Crippen LogP contribution in [0.5, 0.6) is 0 Å². The van der Waals surface area contributed by atoms with Gasteiger partial charge in [0, 0.05) is 32.5 Å². The van der Waals surface area contributed by atoms with Gasteiger partial charge in [-0.3, -0.25) is 4.79 Å². The zero-order chi connectivity index (χ0) is 11.6. The molecule has 1 aromatic rings. The first-order valence-electron chi connectivity index (χ1n) is 5.24. The van der Waals surface area contributed by atoms with Gasteiger partial charge in [-0.15, -0.1) is 0 Å². The quantitative estimate of drug-likeness (QED) is 0.733. The Balaban J connectivity index is 2.11. The van der Waals surface area contributed by atoms with Crippen LogP contribution in [0.15, 0.2) is 11.0 Å². The van der Waals surface area contributed by atoms with Crippen molar-refractivity contribution in [3.63, 3.8) is 0 Å². The summed E-state index contributed by atoms with van der Waals surface area (Å²) in [7, 11) is 0. The van der Waals surface area contributed by atoms with E-state index in [0.29, 0.717) is 31.7 Å². The Morgan fingerprint density at radius 3 is 2.88 bits per heavy atom. The molecule has 5 nitrogen and oxygen atoms in total. The van der Waals surface area contributed by atoms with Gasteiger partial charge in [0.2, 0.25) is 0 Å². The van der Waals surface area contributed by atoms with Crippen molar-refractivity contribution in [3.05, 3.63) is 22.7 Å². The summed E-state index contributed by atoms with van der Waals surface area (Å²) in [6, 6.07) is 0. The summed E-state index contributed by atoms with van der Waals surface area (Å²) in [5.74, 6) is 0.331. The number of nitrogens with one attached hydrogen (secondary N) is 1. The van der Waals surface area contributed by atoms with Crippen molar-refractivity contribution >= 4 is 5.82 Å². The summed E-state index contributed by atoms with van der Waals surface area (Å²) in [5, 5.41) is 0. The fourth-order valence-corrected chi connectivity index (χ4v) is 1.85. The Kier molecular flexibility index (Phi) is 2.91. The molecule has 2 rings (SSSR count). The van der Waals surface area contributed by atoms with Crippen LogP contribution in [0.25, 0.3) is 0 Å². The molecule has 3 N–H and O–H groups in total. The number of aromatic nitrogens is 2. The van der Waals surface area contributed by atoms with Gasteiger partial charge in [-0.25, -0.2) is 9.37 Å². The first-order chi connectivity index (χ1) is 7.64. The highest BCUT2D eigenvalue weighted by Crippen LogP contribution is 2.26. The molecule has 0 unspecified atom stereocenters. The predicted molar refractivity (Wildman–Crippen MR) is 58.0 cm³/mol. The van der Waals surface area contributed by atoms with E-state index in [0.717, 1.165) is 0 Å². The van der Waals surface area contributed by atoms with E-state index >= 15 is 0 Å². The number of rotatable bonds is 2. The molecule has 0 bridgehead atoms. The minimum absolute atomic E-state index is 0.0349. The minimum atomic E-state index is -1.29. The van der Waals surface area contributed by atoms with Gasteiger partial charge in [0.05, 0.1) is 12.4 Å². The van der Waals surface area contributed by atoms with Crippen LogP contribution in [0.1, 0.15) is 12.8 Å². The molecule has 87 valence electrons. The summed E-state index contributed by atoms with van der Waals surface area (Å²) in [6.07, 6.45) is 4.57. The van der Waals surface area contributed by atoms with E-state index in [-0.39, 0.29) is 12.1 Å². The van der Waals surface area contributed by atoms with Crippen molar-refractivity contribution in [2.24, 2.45) is 5.73 Å². The topological polar surface area (TPSA) is 75.0 Å². The number of halogens is 1. The Morgan fingerprint density at radius 2 is 2.31 bits per heavy atom. The molecule has 1 aliphatic heterocycles. The summed E-state index contributed by atoms with van der Waals surface area (Å²) >= 11 is 0. The van der Waals surface area contributed by atoms with E-state index < -0.39 is 5.67 Å². The molecule has 2 heterocycles.